The Morgan fingerprint density at radius 2 is 2.24 bits per heavy atom. The average molecular weight is 253 g/mol. The molecule has 5 nitrogen and oxygen atoms in total. The van der Waals surface area contributed by atoms with Gasteiger partial charge in [-0.1, -0.05) is 11.6 Å². The Kier molecular flexibility index (Phi) is 3.71. The van der Waals surface area contributed by atoms with Crippen molar-refractivity contribution < 1.29 is 4.74 Å². The summed E-state index contributed by atoms with van der Waals surface area (Å²) in [6, 6.07) is 3.56. The maximum absolute atomic E-state index is 5.96. The number of hydrogen-bond donors (Lipinski definition) is 0. The van der Waals surface area contributed by atoms with E-state index in [1.54, 1.807) is 19.4 Å². The van der Waals surface area contributed by atoms with E-state index in [1.165, 1.54) is 0 Å². The lowest BCUT2D eigenvalue weighted by Crippen LogP contribution is -2.03. The van der Waals surface area contributed by atoms with E-state index >= 15 is 0 Å². The molecule has 0 aliphatic heterocycles. The van der Waals surface area contributed by atoms with Crippen LogP contribution in [0.1, 0.15) is 12.6 Å². The van der Waals surface area contributed by atoms with Gasteiger partial charge in [-0.3, -0.25) is 4.68 Å². The van der Waals surface area contributed by atoms with Crippen LogP contribution in [0.5, 0.6) is 0 Å². The molecule has 0 radical (unpaired) electrons. The lowest BCUT2D eigenvalue weighted by Gasteiger charge is -2.06. The number of ether oxygens (including phenoxy) is 1. The summed E-state index contributed by atoms with van der Waals surface area (Å²) in [7, 11) is 1.62. The number of nitrogens with zero attached hydrogens (tertiary/aromatic N) is 4. The molecule has 90 valence electrons. The second kappa shape index (κ2) is 5.25. The average Bonchev–Trinajstić information content (AvgIpc) is 2.76. The third-order valence-corrected chi connectivity index (χ3v) is 2.48. The van der Waals surface area contributed by atoms with E-state index in [9.17, 15) is 0 Å². The van der Waals surface area contributed by atoms with Crippen molar-refractivity contribution in [1.29, 1.82) is 0 Å². The van der Waals surface area contributed by atoms with Gasteiger partial charge < -0.3 is 4.74 Å². The molecule has 0 fully saturated rings. The van der Waals surface area contributed by atoms with Gasteiger partial charge in [0.2, 0.25) is 0 Å². The first-order valence-corrected chi connectivity index (χ1v) is 5.67. The van der Waals surface area contributed by atoms with Crippen molar-refractivity contribution in [2.24, 2.45) is 0 Å². The minimum Gasteiger partial charge on any atom is -0.378 e. The second-order valence-electron chi connectivity index (χ2n) is 3.47. The van der Waals surface area contributed by atoms with Crippen LogP contribution in [0.2, 0.25) is 5.15 Å². The van der Waals surface area contributed by atoms with E-state index in [0.29, 0.717) is 17.6 Å². The molecular formula is C11H13ClN4O. The summed E-state index contributed by atoms with van der Waals surface area (Å²) in [6.45, 7) is 3.18. The largest absolute Gasteiger partial charge is 0.378 e. The molecule has 2 aromatic heterocycles. The molecule has 0 amide bonds. The van der Waals surface area contributed by atoms with Crippen molar-refractivity contribution in [1.82, 2.24) is 19.7 Å². The molecule has 2 heterocycles. The molecule has 0 N–H and O–H groups in total. The zero-order valence-corrected chi connectivity index (χ0v) is 10.5. The molecule has 0 bridgehead atoms. The first-order chi connectivity index (χ1) is 8.24. The monoisotopic (exact) mass is 252 g/mol. The van der Waals surface area contributed by atoms with Crippen LogP contribution >= 0.6 is 11.6 Å². The summed E-state index contributed by atoms with van der Waals surface area (Å²) in [5.74, 6) is 0.573. The number of aromatic nitrogens is 4. The topological polar surface area (TPSA) is 52.8 Å². The summed E-state index contributed by atoms with van der Waals surface area (Å²) in [6.07, 6.45) is 1.72. The van der Waals surface area contributed by atoms with Gasteiger partial charge in [-0.05, 0) is 19.1 Å². The Morgan fingerprint density at radius 3 is 2.94 bits per heavy atom. The Balaban J connectivity index is 2.44. The zero-order chi connectivity index (χ0) is 12.3. The maximum atomic E-state index is 5.96. The normalized spacial score (nSPS) is 10.8. The summed E-state index contributed by atoms with van der Waals surface area (Å²) < 4.78 is 6.86. The van der Waals surface area contributed by atoms with Crippen LogP contribution in [0.3, 0.4) is 0 Å². The highest BCUT2D eigenvalue weighted by Crippen LogP contribution is 2.18. The molecule has 0 aromatic carbocycles. The van der Waals surface area contributed by atoms with Gasteiger partial charge in [0.25, 0.3) is 0 Å². The predicted octanol–water partition coefficient (Wildman–Crippen LogP) is 2.16. The second-order valence-corrected chi connectivity index (χ2v) is 3.86. The van der Waals surface area contributed by atoms with Crippen molar-refractivity contribution >= 4 is 11.6 Å². The highest BCUT2D eigenvalue weighted by atomic mass is 35.5. The number of aryl methyl sites for hydroxylation is 1. The quantitative estimate of drug-likeness (QED) is 0.783. The van der Waals surface area contributed by atoms with Gasteiger partial charge in [-0.25, -0.2) is 9.97 Å². The predicted molar refractivity (Wildman–Crippen MR) is 64.7 cm³/mol. The first-order valence-electron chi connectivity index (χ1n) is 5.29. The maximum Gasteiger partial charge on any atom is 0.179 e. The van der Waals surface area contributed by atoms with E-state index < -0.39 is 0 Å². The van der Waals surface area contributed by atoms with Gasteiger partial charge in [-0.15, -0.1) is 0 Å². The van der Waals surface area contributed by atoms with Crippen LogP contribution in [-0.4, -0.2) is 26.9 Å². The summed E-state index contributed by atoms with van der Waals surface area (Å²) >= 11 is 5.96. The molecule has 17 heavy (non-hydrogen) atoms. The van der Waals surface area contributed by atoms with Gasteiger partial charge in [0.1, 0.15) is 10.8 Å². The smallest absolute Gasteiger partial charge is 0.179 e. The van der Waals surface area contributed by atoms with E-state index in [-0.39, 0.29) is 0 Å². The molecule has 0 aliphatic rings. The number of rotatable bonds is 4. The van der Waals surface area contributed by atoms with Gasteiger partial charge in [0.05, 0.1) is 12.3 Å². The van der Waals surface area contributed by atoms with Crippen molar-refractivity contribution in [3.05, 3.63) is 29.2 Å². The highest BCUT2D eigenvalue weighted by molar-refractivity contribution is 6.29. The van der Waals surface area contributed by atoms with Crippen molar-refractivity contribution in [3.8, 4) is 11.5 Å². The molecule has 6 heteroatoms. The molecule has 0 spiro atoms. The molecule has 0 saturated carbocycles. The van der Waals surface area contributed by atoms with Crippen LogP contribution in [0.25, 0.3) is 11.5 Å². The van der Waals surface area contributed by atoms with Crippen LogP contribution in [-0.2, 0) is 17.9 Å². The van der Waals surface area contributed by atoms with Crippen LogP contribution < -0.4 is 0 Å². The van der Waals surface area contributed by atoms with Crippen molar-refractivity contribution in [3.63, 3.8) is 0 Å². The Labute approximate surface area is 104 Å². The van der Waals surface area contributed by atoms with Gasteiger partial charge >= 0.3 is 0 Å². The van der Waals surface area contributed by atoms with Gasteiger partial charge in [0.15, 0.2) is 5.82 Å². The lowest BCUT2D eigenvalue weighted by atomic mass is 10.3. The Bertz CT molecular complexity index is 512. The summed E-state index contributed by atoms with van der Waals surface area (Å²) in [5.41, 5.74) is 1.61. The third-order valence-electron chi connectivity index (χ3n) is 2.29. The van der Waals surface area contributed by atoms with E-state index in [2.05, 4.69) is 15.1 Å². The standard InChI is InChI=1S/C11H13ClN4O/c1-3-16-9(4-5-13-16)11-14-8(7-17-2)6-10(12)15-11/h4-6H,3,7H2,1-2H3. The molecular weight excluding hydrogens is 240 g/mol. The first kappa shape index (κ1) is 12.0. The van der Waals surface area contributed by atoms with Gasteiger partial charge in [0, 0.05) is 19.9 Å². The minimum atomic E-state index is 0.408. The molecule has 2 aromatic rings. The third kappa shape index (κ3) is 2.62. The Morgan fingerprint density at radius 1 is 1.41 bits per heavy atom. The van der Waals surface area contributed by atoms with Gasteiger partial charge in [-0.2, -0.15) is 5.10 Å². The minimum absolute atomic E-state index is 0.408. The fraction of sp³-hybridized carbons (Fsp3) is 0.364. The summed E-state index contributed by atoms with van der Waals surface area (Å²) in [4.78, 5) is 8.60. The number of hydrogen-bond acceptors (Lipinski definition) is 4. The molecule has 0 atom stereocenters. The molecule has 0 saturated heterocycles. The van der Waals surface area contributed by atoms with Crippen LogP contribution in [0.15, 0.2) is 18.3 Å². The van der Waals surface area contributed by atoms with Crippen molar-refractivity contribution in [2.45, 2.75) is 20.1 Å². The number of methoxy groups -OCH3 is 1. The molecule has 0 unspecified atom stereocenters. The fourth-order valence-corrected chi connectivity index (χ4v) is 1.78. The van der Waals surface area contributed by atoms with E-state index in [0.717, 1.165) is 17.9 Å². The van der Waals surface area contributed by atoms with Crippen LogP contribution in [0.4, 0.5) is 0 Å². The Hall–Kier alpha value is -1.46. The summed E-state index contributed by atoms with van der Waals surface area (Å²) in [5, 5.41) is 4.59. The van der Waals surface area contributed by atoms with Crippen LogP contribution in [0, 0.1) is 0 Å². The highest BCUT2D eigenvalue weighted by Gasteiger charge is 2.10. The van der Waals surface area contributed by atoms with E-state index in [4.69, 9.17) is 16.3 Å². The number of halogens is 1. The van der Waals surface area contributed by atoms with Crippen molar-refractivity contribution in [2.75, 3.05) is 7.11 Å². The zero-order valence-electron chi connectivity index (χ0n) is 9.72. The lowest BCUT2D eigenvalue weighted by molar-refractivity contribution is 0.181. The fourth-order valence-electron chi connectivity index (χ4n) is 1.58. The molecule has 2 rings (SSSR count). The SMILES string of the molecule is CCn1nccc1-c1nc(Cl)cc(COC)n1. The molecule has 0 aliphatic carbocycles. The van der Waals surface area contributed by atoms with E-state index in [1.807, 2.05) is 17.7 Å².